The first kappa shape index (κ1) is 18.0. The molecule has 0 saturated carbocycles. The van der Waals surface area contributed by atoms with Gasteiger partial charge >= 0.3 is 0 Å². The number of aliphatic hydroxyl groups is 1. The lowest BCUT2D eigenvalue weighted by Gasteiger charge is -2.34. The molecular weight excluding hydrogens is 334 g/mol. The van der Waals surface area contributed by atoms with E-state index in [-0.39, 0.29) is 24.3 Å². The van der Waals surface area contributed by atoms with E-state index in [1.165, 1.54) is 0 Å². The van der Waals surface area contributed by atoms with Gasteiger partial charge in [-0.1, -0.05) is 54.1 Å². The third-order valence-electron chi connectivity index (χ3n) is 4.94. The Morgan fingerprint density at radius 3 is 2.56 bits per heavy atom. The highest BCUT2D eigenvalue weighted by Gasteiger charge is 2.29. The molecule has 0 aliphatic carbocycles. The van der Waals surface area contributed by atoms with Gasteiger partial charge in [-0.05, 0) is 48.4 Å². The highest BCUT2D eigenvalue weighted by atomic mass is 35.5. The molecule has 132 valence electrons. The zero-order chi connectivity index (χ0) is 17.6. The van der Waals surface area contributed by atoms with Crippen molar-refractivity contribution < 1.29 is 9.90 Å². The van der Waals surface area contributed by atoms with Crippen LogP contribution in [0.3, 0.4) is 0 Å². The lowest BCUT2D eigenvalue weighted by Crippen LogP contribution is -2.43. The Balaban J connectivity index is 1.84. The average molecular weight is 358 g/mol. The standard InChI is InChI=1S/C21H24ClNO2/c22-19-10-8-18(9-11-19)20(13-16-5-2-1-3-6-16)21(25)23-12-4-7-17(14-23)15-24/h1-3,5-6,8-11,17,20,24H,4,7,12-15H2. The van der Waals surface area contributed by atoms with E-state index < -0.39 is 0 Å². The lowest BCUT2D eigenvalue weighted by atomic mass is 9.89. The number of hydrogen-bond acceptors (Lipinski definition) is 2. The molecule has 1 aliphatic heterocycles. The van der Waals surface area contributed by atoms with Gasteiger partial charge in [0.05, 0.1) is 5.92 Å². The predicted octanol–water partition coefficient (Wildman–Crippen LogP) is 3.90. The second-order valence-electron chi connectivity index (χ2n) is 6.77. The molecule has 2 aromatic carbocycles. The normalized spacial score (nSPS) is 18.8. The number of nitrogens with zero attached hydrogens (tertiary/aromatic N) is 1. The number of hydrogen-bond donors (Lipinski definition) is 1. The van der Waals surface area contributed by atoms with Crippen LogP contribution in [0.2, 0.25) is 5.02 Å². The molecule has 1 saturated heterocycles. The number of rotatable bonds is 5. The maximum atomic E-state index is 13.3. The Bertz CT molecular complexity index is 687. The molecule has 1 heterocycles. The van der Waals surface area contributed by atoms with E-state index in [0.29, 0.717) is 18.0 Å². The Labute approximate surface area is 154 Å². The van der Waals surface area contributed by atoms with Gasteiger partial charge in [0.2, 0.25) is 5.91 Å². The molecule has 1 fully saturated rings. The van der Waals surface area contributed by atoms with Gasteiger partial charge in [0.15, 0.2) is 0 Å². The van der Waals surface area contributed by atoms with Crippen molar-refractivity contribution in [2.75, 3.05) is 19.7 Å². The Morgan fingerprint density at radius 2 is 1.88 bits per heavy atom. The van der Waals surface area contributed by atoms with Crippen molar-refractivity contribution >= 4 is 17.5 Å². The second kappa shape index (κ2) is 8.50. The van der Waals surface area contributed by atoms with Crippen molar-refractivity contribution in [1.29, 1.82) is 0 Å². The van der Waals surface area contributed by atoms with E-state index in [0.717, 1.165) is 30.5 Å². The third kappa shape index (κ3) is 4.62. The van der Waals surface area contributed by atoms with Gasteiger partial charge in [0, 0.05) is 24.7 Å². The van der Waals surface area contributed by atoms with Crippen LogP contribution in [0.25, 0.3) is 0 Å². The van der Waals surface area contributed by atoms with Crippen molar-refractivity contribution in [2.24, 2.45) is 5.92 Å². The zero-order valence-electron chi connectivity index (χ0n) is 14.3. The largest absolute Gasteiger partial charge is 0.396 e. The fourth-order valence-electron chi connectivity index (χ4n) is 3.53. The van der Waals surface area contributed by atoms with E-state index in [4.69, 9.17) is 11.6 Å². The predicted molar refractivity (Wildman–Crippen MR) is 101 cm³/mol. The van der Waals surface area contributed by atoms with Crippen molar-refractivity contribution in [3.8, 4) is 0 Å². The fourth-order valence-corrected chi connectivity index (χ4v) is 3.65. The van der Waals surface area contributed by atoms with E-state index in [9.17, 15) is 9.90 Å². The summed E-state index contributed by atoms with van der Waals surface area (Å²) in [5, 5.41) is 10.1. The van der Waals surface area contributed by atoms with Crippen molar-refractivity contribution in [1.82, 2.24) is 4.90 Å². The lowest BCUT2D eigenvalue weighted by molar-refractivity contribution is -0.135. The quantitative estimate of drug-likeness (QED) is 0.881. The maximum absolute atomic E-state index is 13.3. The fraction of sp³-hybridized carbons (Fsp3) is 0.381. The molecule has 1 N–H and O–H groups in total. The van der Waals surface area contributed by atoms with Gasteiger partial charge in [0.1, 0.15) is 0 Å². The number of aliphatic hydroxyl groups excluding tert-OH is 1. The molecule has 0 spiro atoms. The molecule has 0 bridgehead atoms. The van der Waals surface area contributed by atoms with Crippen LogP contribution in [-0.2, 0) is 11.2 Å². The van der Waals surface area contributed by atoms with Crippen LogP contribution >= 0.6 is 11.6 Å². The van der Waals surface area contributed by atoms with Crippen LogP contribution in [0.4, 0.5) is 0 Å². The molecule has 4 heteroatoms. The van der Waals surface area contributed by atoms with Crippen LogP contribution in [0, 0.1) is 5.92 Å². The summed E-state index contributed by atoms with van der Waals surface area (Å²) in [6, 6.07) is 17.7. The zero-order valence-corrected chi connectivity index (χ0v) is 15.0. The molecule has 0 radical (unpaired) electrons. The first-order valence-corrected chi connectivity index (χ1v) is 9.24. The molecule has 0 aromatic heterocycles. The molecular formula is C21H24ClNO2. The summed E-state index contributed by atoms with van der Waals surface area (Å²) in [6.45, 7) is 1.57. The van der Waals surface area contributed by atoms with Gasteiger partial charge in [-0.15, -0.1) is 0 Å². The summed E-state index contributed by atoms with van der Waals surface area (Å²) in [5.74, 6) is 0.113. The molecule has 2 unspecified atom stereocenters. The number of likely N-dealkylation sites (tertiary alicyclic amines) is 1. The number of carbonyl (C=O) groups is 1. The van der Waals surface area contributed by atoms with Gasteiger partial charge in [-0.25, -0.2) is 0 Å². The summed E-state index contributed by atoms with van der Waals surface area (Å²) in [6.07, 6.45) is 2.61. The van der Waals surface area contributed by atoms with Crippen molar-refractivity contribution in [3.05, 3.63) is 70.7 Å². The van der Waals surface area contributed by atoms with Crippen LogP contribution in [0.1, 0.15) is 29.9 Å². The minimum Gasteiger partial charge on any atom is -0.396 e. The summed E-state index contributed by atoms with van der Waals surface area (Å²) >= 11 is 6.02. The van der Waals surface area contributed by atoms with E-state index in [1.54, 1.807) is 0 Å². The summed E-state index contributed by atoms with van der Waals surface area (Å²) in [7, 11) is 0. The number of benzene rings is 2. The minimum atomic E-state index is -0.225. The maximum Gasteiger partial charge on any atom is 0.230 e. The Hall–Kier alpha value is -1.84. The molecule has 1 aliphatic rings. The van der Waals surface area contributed by atoms with Crippen molar-refractivity contribution in [3.63, 3.8) is 0 Å². The number of halogens is 1. The highest BCUT2D eigenvalue weighted by molar-refractivity contribution is 6.30. The second-order valence-corrected chi connectivity index (χ2v) is 7.21. The molecule has 3 rings (SSSR count). The highest BCUT2D eigenvalue weighted by Crippen LogP contribution is 2.27. The van der Waals surface area contributed by atoms with Crippen LogP contribution in [0.5, 0.6) is 0 Å². The average Bonchev–Trinajstić information content (AvgIpc) is 2.67. The van der Waals surface area contributed by atoms with E-state index in [2.05, 4.69) is 12.1 Å². The molecule has 2 atom stereocenters. The number of amides is 1. The molecule has 2 aromatic rings. The van der Waals surface area contributed by atoms with Gasteiger partial charge < -0.3 is 10.0 Å². The molecule has 3 nitrogen and oxygen atoms in total. The summed E-state index contributed by atoms with van der Waals surface area (Å²) in [4.78, 5) is 15.2. The Kier molecular flexibility index (Phi) is 6.11. The van der Waals surface area contributed by atoms with Gasteiger partial charge in [-0.3, -0.25) is 4.79 Å². The molecule has 1 amide bonds. The first-order valence-electron chi connectivity index (χ1n) is 8.86. The Morgan fingerprint density at radius 1 is 1.16 bits per heavy atom. The first-order chi connectivity index (χ1) is 12.2. The smallest absolute Gasteiger partial charge is 0.230 e. The summed E-state index contributed by atoms with van der Waals surface area (Å²) < 4.78 is 0. The number of piperidine rings is 1. The molecule has 25 heavy (non-hydrogen) atoms. The van der Waals surface area contributed by atoms with Crippen LogP contribution < -0.4 is 0 Å². The monoisotopic (exact) mass is 357 g/mol. The van der Waals surface area contributed by atoms with E-state index >= 15 is 0 Å². The topological polar surface area (TPSA) is 40.5 Å². The van der Waals surface area contributed by atoms with Gasteiger partial charge in [-0.2, -0.15) is 0 Å². The SMILES string of the molecule is O=C(C(Cc1ccccc1)c1ccc(Cl)cc1)N1CCCC(CO)C1. The number of carbonyl (C=O) groups excluding carboxylic acids is 1. The third-order valence-corrected chi connectivity index (χ3v) is 5.19. The summed E-state index contributed by atoms with van der Waals surface area (Å²) in [5.41, 5.74) is 2.14. The van der Waals surface area contributed by atoms with Crippen LogP contribution in [0.15, 0.2) is 54.6 Å². The minimum absolute atomic E-state index is 0.143. The van der Waals surface area contributed by atoms with E-state index in [1.807, 2.05) is 47.4 Å². The van der Waals surface area contributed by atoms with Crippen LogP contribution in [-0.4, -0.2) is 35.6 Å². The van der Waals surface area contributed by atoms with Gasteiger partial charge in [0.25, 0.3) is 0 Å². The van der Waals surface area contributed by atoms with Crippen molar-refractivity contribution in [2.45, 2.75) is 25.2 Å².